The molecule has 0 amide bonds. The van der Waals surface area contributed by atoms with Crippen molar-refractivity contribution in [3.63, 3.8) is 0 Å². The Hall–Kier alpha value is -4.08. The van der Waals surface area contributed by atoms with E-state index in [2.05, 4.69) is 48.1 Å². The van der Waals surface area contributed by atoms with E-state index in [9.17, 15) is 4.39 Å². The number of hydrogen-bond acceptors (Lipinski definition) is 7. The van der Waals surface area contributed by atoms with E-state index in [1.807, 2.05) is 19.1 Å². The average molecular weight is 458 g/mol. The summed E-state index contributed by atoms with van der Waals surface area (Å²) in [5, 5.41) is 17.4. The molecule has 1 atom stereocenters. The summed E-state index contributed by atoms with van der Waals surface area (Å²) >= 11 is 0. The van der Waals surface area contributed by atoms with E-state index in [1.54, 1.807) is 29.9 Å². The number of nitrogens with one attached hydrogen (secondary N) is 1. The van der Waals surface area contributed by atoms with Crippen LogP contribution in [0, 0.1) is 19.7 Å². The molecule has 0 unspecified atom stereocenters. The van der Waals surface area contributed by atoms with Gasteiger partial charge in [0, 0.05) is 41.9 Å². The van der Waals surface area contributed by atoms with Crippen LogP contribution in [-0.2, 0) is 13.1 Å². The van der Waals surface area contributed by atoms with Gasteiger partial charge in [-0.3, -0.25) is 0 Å². The predicted molar refractivity (Wildman–Crippen MR) is 127 cm³/mol. The van der Waals surface area contributed by atoms with E-state index >= 15 is 0 Å². The monoisotopic (exact) mass is 457 g/mol. The molecule has 1 aliphatic rings. The quantitative estimate of drug-likeness (QED) is 0.439. The lowest BCUT2D eigenvalue weighted by molar-refractivity contribution is 0.545. The first-order chi connectivity index (χ1) is 16.5. The molecule has 34 heavy (non-hydrogen) atoms. The Kier molecular flexibility index (Phi) is 4.68. The zero-order chi connectivity index (χ0) is 23.4. The number of benzene rings is 1. The third kappa shape index (κ3) is 3.25. The maximum atomic E-state index is 14.4. The maximum Gasteiger partial charge on any atom is 0.157 e. The molecule has 5 heterocycles. The van der Waals surface area contributed by atoms with Crippen LogP contribution in [-0.4, -0.2) is 40.9 Å². The molecule has 1 aliphatic heterocycles. The number of anilines is 2. The summed E-state index contributed by atoms with van der Waals surface area (Å²) in [5.41, 5.74) is 3.01. The van der Waals surface area contributed by atoms with Crippen LogP contribution in [0.3, 0.4) is 0 Å². The lowest BCUT2D eigenvalue weighted by atomic mass is 10.0. The summed E-state index contributed by atoms with van der Waals surface area (Å²) in [6.45, 7) is 7.96. The number of pyridine rings is 1. The SMILES string of the molecule is Cc1c(F)ccc2cc([C@H](C)Nc3ccnc4ccnn34)c(N3CCn4c(C)nnc4C3)nc12. The zero-order valence-corrected chi connectivity index (χ0v) is 19.2. The Balaban J connectivity index is 1.45. The Morgan fingerprint density at radius 3 is 2.82 bits per heavy atom. The van der Waals surface area contributed by atoms with E-state index < -0.39 is 0 Å². The van der Waals surface area contributed by atoms with Crippen LogP contribution in [0.15, 0.2) is 42.7 Å². The molecule has 0 saturated carbocycles. The molecule has 6 rings (SSSR count). The maximum absolute atomic E-state index is 14.4. The number of halogens is 1. The summed E-state index contributed by atoms with van der Waals surface area (Å²) in [6, 6.07) is 9.06. The van der Waals surface area contributed by atoms with Crippen molar-refractivity contribution in [2.24, 2.45) is 0 Å². The molecule has 4 aromatic heterocycles. The number of nitrogens with zero attached hydrogens (tertiary/aromatic N) is 8. The highest BCUT2D eigenvalue weighted by Crippen LogP contribution is 2.33. The molecule has 0 bridgehead atoms. The number of rotatable bonds is 4. The van der Waals surface area contributed by atoms with Gasteiger partial charge in [-0.15, -0.1) is 10.2 Å². The van der Waals surface area contributed by atoms with E-state index in [-0.39, 0.29) is 11.9 Å². The molecule has 1 N–H and O–H groups in total. The topological polar surface area (TPSA) is 89.1 Å². The molecule has 0 saturated heterocycles. The number of aromatic nitrogens is 7. The van der Waals surface area contributed by atoms with Gasteiger partial charge in [0.05, 0.1) is 24.3 Å². The Bertz CT molecular complexity index is 1540. The van der Waals surface area contributed by atoms with E-state index in [0.717, 1.165) is 53.0 Å². The fourth-order valence-corrected chi connectivity index (χ4v) is 4.66. The molecular weight excluding hydrogens is 433 g/mol. The molecule has 0 radical (unpaired) electrons. The molecule has 5 aromatic rings. The minimum atomic E-state index is -0.253. The zero-order valence-electron chi connectivity index (χ0n) is 19.2. The van der Waals surface area contributed by atoms with Crippen LogP contribution in [0.5, 0.6) is 0 Å². The van der Waals surface area contributed by atoms with Crippen molar-refractivity contribution >= 4 is 28.2 Å². The minimum absolute atomic E-state index is 0.103. The van der Waals surface area contributed by atoms with Gasteiger partial charge in [-0.05, 0) is 45.0 Å². The molecule has 1 aromatic carbocycles. The lowest BCUT2D eigenvalue weighted by Gasteiger charge is -2.32. The summed E-state index contributed by atoms with van der Waals surface area (Å²) in [6.07, 6.45) is 3.49. The highest BCUT2D eigenvalue weighted by atomic mass is 19.1. The standard InChI is InChI=1S/C24H24FN9/c1-14-19(25)5-4-17-12-18(15(2)28-21-6-8-26-20-7-9-27-34(20)21)24(29-23(14)17)32-10-11-33-16(3)30-31-22(33)13-32/h4-9,12,15,28H,10-11,13H2,1-3H3/t15-/m0/s1. The van der Waals surface area contributed by atoms with Gasteiger partial charge in [-0.25, -0.2) is 14.4 Å². The molecule has 0 spiro atoms. The first kappa shape index (κ1) is 20.5. The van der Waals surface area contributed by atoms with Gasteiger partial charge >= 0.3 is 0 Å². The van der Waals surface area contributed by atoms with Crippen molar-refractivity contribution in [2.75, 3.05) is 16.8 Å². The second-order valence-corrected chi connectivity index (χ2v) is 8.68. The second kappa shape index (κ2) is 7.75. The lowest BCUT2D eigenvalue weighted by Crippen LogP contribution is -2.35. The van der Waals surface area contributed by atoms with Gasteiger partial charge in [0.15, 0.2) is 11.5 Å². The molecule has 10 heteroatoms. The van der Waals surface area contributed by atoms with E-state index in [4.69, 9.17) is 4.98 Å². The molecular formula is C24H24FN9. The fourth-order valence-electron chi connectivity index (χ4n) is 4.66. The minimum Gasteiger partial charge on any atom is -0.363 e. The van der Waals surface area contributed by atoms with Crippen LogP contribution < -0.4 is 10.2 Å². The van der Waals surface area contributed by atoms with Gasteiger partial charge in [0.2, 0.25) is 0 Å². The highest BCUT2D eigenvalue weighted by molar-refractivity contribution is 5.85. The molecule has 0 fully saturated rings. The van der Waals surface area contributed by atoms with Crippen LogP contribution in [0.1, 0.15) is 35.7 Å². The highest BCUT2D eigenvalue weighted by Gasteiger charge is 2.25. The smallest absolute Gasteiger partial charge is 0.157 e. The molecule has 172 valence electrons. The Labute approximate surface area is 195 Å². The summed E-state index contributed by atoms with van der Waals surface area (Å²) in [7, 11) is 0. The van der Waals surface area contributed by atoms with Crippen LogP contribution in [0.2, 0.25) is 0 Å². The average Bonchev–Trinajstić information content (AvgIpc) is 3.48. The van der Waals surface area contributed by atoms with Crippen molar-refractivity contribution < 1.29 is 4.39 Å². The molecule has 9 nitrogen and oxygen atoms in total. The van der Waals surface area contributed by atoms with Crippen molar-refractivity contribution in [2.45, 2.75) is 39.9 Å². The van der Waals surface area contributed by atoms with Crippen molar-refractivity contribution in [1.29, 1.82) is 0 Å². The van der Waals surface area contributed by atoms with Crippen LogP contribution in [0.4, 0.5) is 16.0 Å². The van der Waals surface area contributed by atoms with E-state index in [1.165, 1.54) is 6.07 Å². The first-order valence-electron chi connectivity index (χ1n) is 11.3. The van der Waals surface area contributed by atoms with Gasteiger partial charge in [0.1, 0.15) is 23.3 Å². The van der Waals surface area contributed by atoms with Gasteiger partial charge in [0.25, 0.3) is 0 Å². The number of fused-ring (bicyclic) bond motifs is 3. The normalized spacial score (nSPS) is 14.5. The number of aryl methyl sites for hydroxylation is 2. The predicted octanol–water partition coefficient (Wildman–Crippen LogP) is 3.82. The summed E-state index contributed by atoms with van der Waals surface area (Å²) < 4.78 is 18.3. The second-order valence-electron chi connectivity index (χ2n) is 8.68. The van der Waals surface area contributed by atoms with Crippen LogP contribution in [0.25, 0.3) is 16.6 Å². The largest absolute Gasteiger partial charge is 0.363 e. The van der Waals surface area contributed by atoms with Crippen LogP contribution >= 0.6 is 0 Å². The van der Waals surface area contributed by atoms with Gasteiger partial charge in [-0.2, -0.15) is 9.61 Å². The summed E-state index contributed by atoms with van der Waals surface area (Å²) in [4.78, 5) is 11.6. The Morgan fingerprint density at radius 1 is 1.06 bits per heavy atom. The van der Waals surface area contributed by atoms with Crippen molar-refractivity contribution in [3.05, 3.63) is 71.3 Å². The summed E-state index contributed by atoms with van der Waals surface area (Å²) in [5.74, 6) is 3.21. The van der Waals surface area contributed by atoms with Crippen molar-refractivity contribution in [3.8, 4) is 0 Å². The van der Waals surface area contributed by atoms with Gasteiger partial charge in [-0.1, -0.05) is 0 Å². The first-order valence-corrected chi connectivity index (χ1v) is 11.3. The van der Waals surface area contributed by atoms with E-state index in [0.29, 0.717) is 17.6 Å². The third-order valence-corrected chi connectivity index (χ3v) is 6.54. The van der Waals surface area contributed by atoms with Gasteiger partial charge < -0.3 is 14.8 Å². The van der Waals surface area contributed by atoms with Crippen molar-refractivity contribution in [1.82, 2.24) is 34.3 Å². The Morgan fingerprint density at radius 2 is 1.94 bits per heavy atom. The molecule has 0 aliphatic carbocycles. The number of hydrogen-bond donors (Lipinski definition) is 1. The third-order valence-electron chi connectivity index (χ3n) is 6.54. The fraction of sp³-hybridized carbons (Fsp3) is 0.292.